The van der Waals surface area contributed by atoms with Gasteiger partial charge in [-0.2, -0.15) is 0 Å². The standard InChI is InChI=1S/C12H20N2O4/c1-12(2,3)18-11(16)14-7-8(13-4)6-9(14)10(15)17-5/h8-9H,4,6-7H2,1-3,5H3/t8-,9+/m1/s1. The lowest BCUT2D eigenvalue weighted by Crippen LogP contribution is -2.43. The molecular formula is C12H20N2O4. The Morgan fingerprint density at radius 3 is 2.44 bits per heavy atom. The van der Waals surface area contributed by atoms with Gasteiger partial charge in [0.2, 0.25) is 0 Å². The van der Waals surface area contributed by atoms with Crippen LogP contribution in [0.1, 0.15) is 27.2 Å². The molecular weight excluding hydrogens is 236 g/mol. The number of nitrogens with zero attached hydrogens (tertiary/aromatic N) is 2. The van der Waals surface area contributed by atoms with Gasteiger partial charge in [-0.25, -0.2) is 9.59 Å². The average molecular weight is 256 g/mol. The fourth-order valence-corrected chi connectivity index (χ4v) is 1.83. The molecule has 0 aliphatic carbocycles. The molecule has 6 heteroatoms. The van der Waals surface area contributed by atoms with E-state index < -0.39 is 23.7 Å². The molecule has 1 aliphatic rings. The van der Waals surface area contributed by atoms with Crippen LogP contribution >= 0.6 is 0 Å². The Kier molecular flexibility index (Phi) is 4.32. The van der Waals surface area contributed by atoms with E-state index >= 15 is 0 Å². The van der Waals surface area contributed by atoms with Gasteiger partial charge in [0, 0.05) is 13.0 Å². The number of carbonyl (C=O) groups is 2. The molecule has 0 unspecified atom stereocenters. The lowest BCUT2D eigenvalue weighted by Gasteiger charge is -2.27. The Labute approximate surface area is 107 Å². The Balaban J connectivity index is 2.80. The second-order valence-corrected chi connectivity index (χ2v) is 5.24. The summed E-state index contributed by atoms with van der Waals surface area (Å²) < 4.78 is 9.94. The van der Waals surface area contributed by atoms with Crippen molar-refractivity contribution >= 4 is 18.8 Å². The number of aliphatic imine (C=N–C) groups is 1. The van der Waals surface area contributed by atoms with Crippen LogP contribution in [0.3, 0.4) is 0 Å². The first-order valence-corrected chi connectivity index (χ1v) is 5.81. The fourth-order valence-electron chi connectivity index (χ4n) is 1.83. The Bertz CT molecular complexity index is 348. The van der Waals surface area contributed by atoms with Gasteiger partial charge in [-0.05, 0) is 27.5 Å². The predicted octanol–water partition coefficient (Wildman–Crippen LogP) is 1.24. The third kappa shape index (κ3) is 3.45. The van der Waals surface area contributed by atoms with Crippen LogP contribution in [-0.4, -0.2) is 55.0 Å². The zero-order chi connectivity index (χ0) is 13.9. The lowest BCUT2D eigenvalue weighted by molar-refractivity contribution is -0.145. The van der Waals surface area contributed by atoms with Gasteiger partial charge in [-0.3, -0.25) is 9.89 Å². The molecule has 1 rings (SSSR count). The van der Waals surface area contributed by atoms with Crippen molar-refractivity contribution in [3.63, 3.8) is 0 Å². The largest absolute Gasteiger partial charge is 0.467 e. The molecule has 1 fully saturated rings. The summed E-state index contributed by atoms with van der Waals surface area (Å²) in [5, 5.41) is 0. The smallest absolute Gasteiger partial charge is 0.411 e. The van der Waals surface area contributed by atoms with E-state index in [1.54, 1.807) is 20.8 Å². The molecule has 1 aliphatic heterocycles. The van der Waals surface area contributed by atoms with E-state index in [1.165, 1.54) is 12.0 Å². The number of carbonyl (C=O) groups excluding carboxylic acids is 2. The van der Waals surface area contributed by atoms with Crippen LogP contribution in [0.15, 0.2) is 4.99 Å². The first-order valence-electron chi connectivity index (χ1n) is 5.81. The third-order valence-electron chi connectivity index (χ3n) is 2.64. The average Bonchev–Trinajstić information content (AvgIpc) is 2.69. The molecule has 0 saturated carbocycles. The highest BCUT2D eigenvalue weighted by Gasteiger charge is 2.41. The van der Waals surface area contributed by atoms with Crippen LogP contribution in [0.4, 0.5) is 4.79 Å². The summed E-state index contributed by atoms with van der Waals surface area (Å²) in [6, 6.07) is -0.790. The molecule has 0 aromatic carbocycles. The first-order chi connectivity index (χ1) is 8.28. The van der Waals surface area contributed by atoms with Crippen LogP contribution in [0, 0.1) is 0 Å². The highest BCUT2D eigenvalue weighted by Crippen LogP contribution is 2.23. The Hall–Kier alpha value is -1.59. The SMILES string of the molecule is C=N[C@@H]1C[C@@H](C(=O)OC)N(C(=O)OC(C)(C)C)C1. The van der Waals surface area contributed by atoms with E-state index in [4.69, 9.17) is 4.74 Å². The van der Waals surface area contributed by atoms with Crippen LogP contribution in [0.25, 0.3) is 0 Å². The summed E-state index contributed by atoms with van der Waals surface area (Å²) >= 11 is 0. The van der Waals surface area contributed by atoms with Crippen molar-refractivity contribution < 1.29 is 19.1 Å². The monoisotopic (exact) mass is 256 g/mol. The first kappa shape index (κ1) is 14.5. The van der Waals surface area contributed by atoms with Crippen LogP contribution < -0.4 is 0 Å². The molecule has 1 saturated heterocycles. The number of rotatable bonds is 2. The highest BCUT2D eigenvalue weighted by atomic mass is 16.6. The quantitative estimate of drug-likeness (QED) is 0.550. The zero-order valence-electron chi connectivity index (χ0n) is 11.3. The predicted molar refractivity (Wildman–Crippen MR) is 66.7 cm³/mol. The van der Waals surface area contributed by atoms with E-state index in [0.29, 0.717) is 13.0 Å². The van der Waals surface area contributed by atoms with Gasteiger partial charge >= 0.3 is 12.1 Å². The topological polar surface area (TPSA) is 68.2 Å². The molecule has 1 amide bonds. The number of esters is 1. The minimum Gasteiger partial charge on any atom is -0.467 e. The molecule has 6 nitrogen and oxygen atoms in total. The van der Waals surface area contributed by atoms with E-state index in [1.807, 2.05) is 0 Å². The van der Waals surface area contributed by atoms with Crippen molar-refractivity contribution in [1.82, 2.24) is 4.90 Å². The molecule has 0 aromatic rings. The Morgan fingerprint density at radius 1 is 1.39 bits per heavy atom. The summed E-state index contributed by atoms with van der Waals surface area (Å²) in [5.74, 6) is -0.452. The number of likely N-dealkylation sites (tertiary alicyclic amines) is 1. The van der Waals surface area contributed by atoms with Crippen molar-refractivity contribution in [3.05, 3.63) is 0 Å². The molecule has 1 heterocycles. The van der Waals surface area contributed by atoms with Crippen molar-refractivity contribution in [2.45, 2.75) is 44.9 Å². The van der Waals surface area contributed by atoms with E-state index in [0.717, 1.165) is 0 Å². The normalized spacial score (nSPS) is 23.7. The zero-order valence-corrected chi connectivity index (χ0v) is 11.3. The lowest BCUT2D eigenvalue weighted by atomic mass is 10.2. The summed E-state index contributed by atoms with van der Waals surface area (Å²) in [7, 11) is 1.30. The van der Waals surface area contributed by atoms with Crippen LogP contribution in [-0.2, 0) is 14.3 Å². The summed E-state index contributed by atoms with van der Waals surface area (Å²) in [4.78, 5) is 28.8. The summed E-state index contributed by atoms with van der Waals surface area (Å²) in [6.45, 7) is 9.11. The maximum absolute atomic E-state index is 12.0. The van der Waals surface area contributed by atoms with E-state index in [2.05, 4.69) is 16.4 Å². The minimum absolute atomic E-state index is 0.151. The van der Waals surface area contributed by atoms with Gasteiger partial charge in [-0.1, -0.05) is 0 Å². The van der Waals surface area contributed by atoms with Crippen LogP contribution in [0.2, 0.25) is 0 Å². The van der Waals surface area contributed by atoms with Gasteiger partial charge in [-0.15, -0.1) is 0 Å². The molecule has 0 radical (unpaired) electrons. The molecule has 102 valence electrons. The van der Waals surface area contributed by atoms with Gasteiger partial charge < -0.3 is 9.47 Å². The molecule has 0 bridgehead atoms. The molecule has 18 heavy (non-hydrogen) atoms. The number of hydrogen-bond acceptors (Lipinski definition) is 5. The van der Waals surface area contributed by atoms with Crippen molar-refractivity contribution in [1.29, 1.82) is 0 Å². The van der Waals surface area contributed by atoms with Gasteiger partial charge in [0.25, 0.3) is 0 Å². The number of amides is 1. The van der Waals surface area contributed by atoms with E-state index in [9.17, 15) is 9.59 Å². The van der Waals surface area contributed by atoms with Crippen LogP contribution in [0.5, 0.6) is 0 Å². The summed E-state index contributed by atoms with van der Waals surface area (Å²) in [6.07, 6.45) is -0.0980. The third-order valence-corrected chi connectivity index (χ3v) is 2.64. The molecule has 0 spiro atoms. The second kappa shape index (κ2) is 5.37. The van der Waals surface area contributed by atoms with Gasteiger partial charge in [0.15, 0.2) is 0 Å². The number of ether oxygens (including phenoxy) is 2. The van der Waals surface area contributed by atoms with Gasteiger partial charge in [0.1, 0.15) is 11.6 Å². The maximum atomic E-state index is 12.0. The molecule has 0 N–H and O–H groups in total. The number of hydrogen-bond donors (Lipinski definition) is 0. The van der Waals surface area contributed by atoms with Crippen molar-refractivity contribution in [2.24, 2.45) is 4.99 Å². The molecule has 0 aromatic heterocycles. The molecule has 2 atom stereocenters. The second-order valence-electron chi connectivity index (χ2n) is 5.24. The van der Waals surface area contributed by atoms with Crippen molar-refractivity contribution in [3.8, 4) is 0 Å². The number of methoxy groups -OCH3 is 1. The fraction of sp³-hybridized carbons (Fsp3) is 0.750. The highest BCUT2D eigenvalue weighted by molar-refractivity contribution is 5.82. The van der Waals surface area contributed by atoms with Gasteiger partial charge in [0.05, 0.1) is 13.2 Å². The Morgan fingerprint density at radius 2 is 2.00 bits per heavy atom. The van der Waals surface area contributed by atoms with E-state index in [-0.39, 0.29) is 6.04 Å². The maximum Gasteiger partial charge on any atom is 0.411 e. The summed E-state index contributed by atoms with van der Waals surface area (Å²) in [5.41, 5.74) is -0.600. The minimum atomic E-state index is -0.639. The van der Waals surface area contributed by atoms with Crippen molar-refractivity contribution in [2.75, 3.05) is 13.7 Å².